The van der Waals surface area contributed by atoms with Gasteiger partial charge in [0.2, 0.25) is 0 Å². The summed E-state index contributed by atoms with van der Waals surface area (Å²) in [6, 6.07) is 4.15. The fourth-order valence-corrected chi connectivity index (χ4v) is 4.50. The number of hydrogen-bond donors (Lipinski definition) is 1. The Labute approximate surface area is 151 Å². The highest BCUT2D eigenvalue weighted by atomic mass is 32.1. The van der Waals surface area contributed by atoms with E-state index in [1.165, 1.54) is 23.4 Å². The van der Waals surface area contributed by atoms with Crippen molar-refractivity contribution in [2.45, 2.75) is 32.6 Å². The predicted octanol–water partition coefficient (Wildman–Crippen LogP) is 3.85. The van der Waals surface area contributed by atoms with Gasteiger partial charge < -0.3 is 10.1 Å². The number of benzene rings is 1. The fourth-order valence-electron chi connectivity index (χ4n) is 3.49. The Kier molecular flexibility index (Phi) is 4.39. The van der Waals surface area contributed by atoms with Crippen LogP contribution in [0, 0.1) is 13.8 Å². The molecule has 0 radical (unpaired) electrons. The van der Waals surface area contributed by atoms with Crippen LogP contribution in [-0.2, 0) is 0 Å². The number of ether oxygens (including phenoxy) is 1. The largest absolute Gasteiger partial charge is 0.496 e. The Morgan fingerprint density at radius 1 is 1.24 bits per heavy atom. The normalized spacial score (nSPS) is 17.8. The summed E-state index contributed by atoms with van der Waals surface area (Å²) >= 11 is 1.72. The van der Waals surface area contributed by atoms with Crippen molar-refractivity contribution >= 4 is 21.7 Å². The molecule has 0 amide bonds. The molecule has 1 aliphatic heterocycles. The van der Waals surface area contributed by atoms with Crippen LogP contribution in [0.25, 0.3) is 21.7 Å². The van der Waals surface area contributed by atoms with Crippen LogP contribution in [0.1, 0.15) is 34.9 Å². The van der Waals surface area contributed by atoms with Crippen molar-refractivity contribution < 1.29 is 4.74 Å². The molecule has 5 nitrogen and oxygen atoms in total. The summed E-state index contributed by atoms with van der Waals surface area (Å²) < 4.78 is 6.62. The van der Waals surface area contributed by atoms with Crippen molar-refractivity contribution in [1.82, 2.24) is 20.3 Å². The Balaban J connectivity index is 1.77. The molecule has 3 heterocycles. The molecule has 25 heavy (non-hydrogen) atoms. The number of rotatable bonds is 3. The summed E-state index contributed by atoms with van der Waals surface area (Å²) in [6.45, 7) is 6.25. The zero-order chi connectivity index (χ0) is 17.4. The third-order valence-electron chi connectivity index (χ3n) is 4.70. The molecule has 130 valence electrons. The topological polar surface area (TPSA) is 59.9 Å². The summed E-state index contributed by atoms with van der Waals surface area (Å²) in [5.74, 6) is 1.98. The van der Waals surface area contributed by atoms with Crippen molar-refractivity contribution in [1.29, 1.82) is 0 Å². The maximum absolute atomic E-state index is 5.57. The fraction of sp³-hybridized carbons (Fsp3) is 0.421. The van der Waals surface area contributed by atoms with Gasteiger partial charge in [0.1, 0.15) is 10.8 Å². The monoisotopic (exact) mass is 354 g/mol. The second-order valence-electron chi connectivity index (χ2n) is 6.64. The molecular weight excluding hydrogens is 332 g/mol. The number of aromatic nitrogens is 3. The minimum atomic E-state index is 0.493. The molecule has 0 spiro atoms. The summed E-state index contributed by atoms with van der Waals surface area (Å²) in [4.78, 5) is 14.2. The van der Waals surface area contributed by atoms with Gasteiger partial charge in [0.05, 0.1) is 23.6 Å². The minimum absolute atomic E-state index is 0.493. The second kappa shape index (κ2) is 6.69. The average molecular weight is 354 g/mol. The highest BCUT2D eigenvalue weighted by Gasteiger charge is 2.20. The lowest BCUT2D eigenvalue weighted by molar-refractivity contribution is 0.415. The SMILES string of the molecule is COc1cc(C)cc(C)c1-c1ncc2sc(C3CCCNC3)nc2n1. The van der Waals surface area contributed by atoms with Crippen LogP contribution in [-0.4, -0.2) is 35.2 Å². The van der Waals surface area contributed by atoms with E-state index < -0.39 is 0 Å². The molecular formula is C19H22N4OS. The highest BCUT2D eigenvalue weighted by Crippen LogP contribution is 2.35. The van der Waals surface area contributed by atoms with Crippen molar-refractivity contribution in [3.05, 3.63) is 34.5 Å². The number of hydrogen-bond acceptors (Lipinski definition) is 6. The lowest BCUT2D eigenvalue weighted by atomic mass is 10.0. The van der Waals surface area contributed by atoms with Crippen LogP contribution in [0.5, 0.6) is 5.75 Å². The van der Waals surface area contributed by atoms with Crippen LogP contribution in [0.4, 0.5) is 0 Å². The third-order valence-corrected chi connectivity index (χ3v) is 5.84. The van der Waals surface area contributed by atoms with E-state index in [0.29, 0.717) is 11.7 Å². The third kappa shape index (κ3) is 3.12. The summed E-state index contributed by atoms with van der Waals surface area (Å²) in [6.07, 6.45) is 4.29. The first-order chi connectivity index (χ1) is 12.2. The molecule has 2 aromatic heterocycles. The molecule has 0 aliphatic carbocycles. The summed E-state index contributed by atoms with van der Waals surface area (Å²) in [7, 11) is 1.69. The highest BCUT2D eigenvalue weighted by molar-refractivity contribution is 7.18. The molecule has 1 aliphatic rings. The number of nitrogens with one attached hydrogen (secondary N) is 1. The number of nitrogens with zero attached hydrogens (tertiary/aromatic N) is 3. The molecule has 1 aromatic carbocycles. The van der Waals surface area contributed by atoms with E-state index in [0.717, 1.165) is 40.3 Å². The lowest BCUT2D eigenvalue weighted by Gasteiger charge is -2.20. The van der Waals surface area contributed by atoms with Crippen LogP contribution in [0.2, 0.25) is 0 Å². The van der Waals surface area contributed by atoms with Gasteiger partial charge in [0.25, 0.3) is 0 Å². The summed E-state index contributed by atoms with van der Waals surface area (Å²) in [5, 5.41) is 4.62. The molecule has 1 atom stereocenters. The maximum atomic E-state index is 5.57. The van der Waals surface area contributed by atoms with E-state index in [1.54, 1.807) is 18.4 Å². The number of thiazole rings is 1. The van der Waals surface area contributed by atoms with Gasteiger partial charge >= 0.3 is 0 Å². The molecule has 6 heteroatoms. The lowest BCUT2D eigenvalue weighted by Crippen LogP contribution is -2.28. The zero-order valence-corrected chi connectivity index (χ0v) is 15.6. The number of piperidine rings is 1. The second-order valence-corrected chi connectivity index (χ2v) is 7.70. The number of methoxy groups -OCH3 is 1. The van der Waals surface area contributed by atoms with Crippen molar-refractivity contribution in [3.63, 3.8) is 0 Å². The van der Waals surface area contributed by atoms with Crippen LogP contribution in [0.15, 0.2) is 18.3 Å². The van der Waals surface area contributed by atoms with Crippen molar-refractivity contribution in [2.75, 3.05) is 20.2 Å². The van der Waals surface area contributed by atoms with Gasteiger partial charge in [-0.1, -0.05) is 6.07 Å². The van der Waals surface area contributed by atoms with Gasteiger partial charge in [0, 0.05) is 12.5 Å². The Bertz CT molecular complexity index is 915. The average Bonchev–Trinajstić information content (AvgIpc) is 3.05. The first-order valence-electron chi connectivity index (χ1n) is 8.65. The van der Waals surface area contributed by atoms with E-state index in [1.807, 2.05) is 12.3 Å². The van der Waals surface area contributed by atoms with Gasteiger partial charge in [0.15, 0.2) is 11.5 Å². The van der Waals surface area contributed by atoms with Gasteiger partial charge in [-0.15, -0.1) is 11.3 Å². The van der Waals surface area contributed by atoms with E-state index in [4.69, 9.17) is 14.7 Å². The van der Waals surface area contributed by atoms with Crippen LogP contribution < -0.4 is 10.1 Å². The van der Waals surface area contributed by atoms with Gasteiger partial charge in [-0.2, -0.15) is 0 Å². The Morgan fingerprint density at radius 3 is 2.88 bits per heavy atom. The molecule has 1 N–H and O–H groups in total. The summed E-state index contributed by atoms with van der Waals surface area (Å²) in [5.41, 5.74) is 4.02. The molecule has 0 bridgehead atoms. The smallest absolute Gasteiger partial charge is 0.174 e. The van der Waals surface area contributed by atoms with Gasteiger partial charge in [-0.25, -0.2) is 15.0 Å². The Hall–Kier alpha value is -2.05. The van der Waals surface area contributed by atoms with Gasteiger partial charge in [-0.05, 0) is 50.4 Å². The van der Waals surface area contributed by atoms with E-state index in [2.05, 4.69) is 30.2 Å². The molecule has 1 saturated heterocycles. The molecule has 1 fully saturated rings. The molecule has 3 aromatic rings. The quantitative estimate of drug-likeness (QED) is 0.774. The molecule has 0 saturated carbocycles. The predicted molar refractivity (Wildman–Crippen MR) is 102 cm³/mol. The minimum Gasteiger partial charge on any atom is -0.496 e. The van der Waals surface area contributed by atoms with E-state index in [9.17, 15) is 0 Å². The zero-order valence-electron chi connectivity index (χ0n) is 14.8. The first-order valence-corrected chi connectivity index (χ1v) is 9.47. The first kappa shape index (κ1) is 16.4. The van der Waals surface area contributed by atoms with E-state index in [-0.39, 0.29) is 0 Å². The Morgan fingerprint density at radius 2 is 2.12 bits per heavy atom. The molecule has 4 rings (SSSR count). The van der Waals surface area contributed by atoms with Crippen molar-refractivity contribution in [3.8, 4) is 17.1 Å². The number of fused-ring (bicyclic) bond motifs is 1. The van der Waals surface area contributed by atoms with Crippen LogP contribution in [0.3, 0.4) is 0 Å². The van der Waals surface area contributed by atoms with Crippen molar-refractivity contribution in [2.24, 2.45) is 0 Å². The maximum Gasteiger partial charge on any atom is 0.174 e. The molecule has 1 unspecified atom stereocenters. The van der Waals surface area contributed by atoms with E-state index >= 15 is 0 Å². The van der Waals surface area contributed by atoms with Crippen LogP contribution >= 0.6 is 11.3 Å². The standard InChI is InChI=1S/C19H22N4OS/c1-11-7-12(2)16(14(8-11)24-3)18-21-10-15-17(22-18)23-19(25-15)13-5-4-6-20-9-13/h7-8,10,13,20H,4-6,9H2,1-3H3. The van der Waals surface area contributed by atoms with Gasteiger partial charge in [-0.3, -0.25) is 0 Å². The number of aryl methyl sites for hydroxylation is 2.